The van der Waals surface area contributed by atoms with E-state index in [9.17, 15) is 9.18 Å². The summed E-state index contributed by atoms with van der Waals surface area (Å²) in [5.74, 6) is -0.784. The molecule has 7 heteroatoms. The van der Waals surface area contributed by atoms with Crippen LogP contribution in [0.25, 0.3) is 0 Å². The normalized spacial score (nSPS) is 15.2. The van der Waals surface area contributed by atoms with Crippen molar-refractivity contribution in [1.82, 2.24) is 10.2 Å². The van der Waals surface area contributed by atoms with Gasteiger partial charge in [0.1, 0.15) is 5.82 Å². The van der Waals surface area contributed by atoms with Crippen molar-refractivity contribution in [3.05, 3.63) is 65.5 Å². The van der Waals surface area contributed by atoms with Gasteiger partial charge in [0.2, 0.25) is 5.96 Å². The minimum atomic E-state index is -0.563. The van der Waals surface area contributed by atoms with Gasteiger partial charge in [-0.3, -0.25) is 20.0 Å². The van der Waals surface area contributed by atoms with Crippen molar-refractivity contribution in [1.29, 1.82) is 0 Å². The van der Waals surface area contributed by atoms with Crippen LogP contribution in [-0.4, -0.2) is 56.2 Å². The number of aryl methyl sites for hydroxylation is 1. The van der Waals surface area contributed by atoms with Gasteiger partial charge in [0.05, 0.1) is 25.3 Å². The molecule has 2 N–H and O–H groups in total. The van der Waals surface area contributed by atoms with Crippen molar-refractivity contribution >= 4 is 17.6 Å². The highest BCUT2D eigenvalue weighted by Gasteiger charge is 2.15. The Morgan fingerprint density at radius 1 is 1.14 bits per heavy atom. The van der Waals surface area contributed by atoms with Crippen LogP contribution in [-0.2, 0) is 11.2 Å². The van der Waals surface area contributed by atoms with E-state index in [0.29, 0.717) is 12.5 Å². The number of guanidine groups is 1. The van der Waals surface area contributed by atoms with Gasteiger partial charge in [-0.05, 0) is 30.2 Å². The second-order valence-electron chi connectivity index (χ2n) is 6.75. The van der Waals surface area contributed by atoms with Crippen LogP contribution in [0.5, 0.6) is 0 Å². The number of ether oxygens (including phenoxy) is 1. The fourth-order valence-corrected chi connectivity index (χ4v) is 3.14. The Hall–Kier alpha value is -2.77. The number of carbonyl (C=O) groups is 1. The number of rotatable bonds is 6. The van der Waals surface area contributed by atoms with Crippen molar-refractivity contribution in [2.75, 3.05) is 44.7 Å². The molecule has 2 aromatic carbocycles. The predicted octanol–water partition coefficient (Wildman–Crippen LogP) is 2.92. The largest absolute Gasteiger partial charge is 0.379 e. The van der Waals surface area contributed by atoms with Crippen LogP contribution in [0.15, 0.2) is 53.5 Å². The average molecular weight is 398 g/mol. The number of amides is 1. The van der Waals surface area contributed by atoms with Gasteiger partial charge < -0.3 is 10.1 Å². The maximum absolute atomic E-state index is 14.0. The number of nitrogens with zero attached hydrogens (tertiary/aromatic N) is 2. The number of benzene rings is 2. The van der Waals surface area contributed by atoms with E-state index in [0.717, 1.165) is 50.5 Å². The standard InChI is InChI=1S/C22H27FN4O2/c1-2-17-7-3-6-10-20(17)25-22(24-11-12-27-13-15-29-16-14-27)26-21(28)18-8-4-5-9-19(18)23/h3-10H,2,11-16H2,1H3,(H2,24,25,26,28). The van der Waals surface area contributed by atoms with Crippen molar-refractivity contribution in [3.63, 3.8) is 0 Å². The summed E-state index contributed by atoms with van der Waals surface area (Å²) in [6.07, 6.45) is 0.839. The molecule has 0 spiro atoms. The van der Waals surface area contributed by atoms with Gasteiger partial charge >= 0.3 is 0 Å². The van der Waals surface area contributed by atoms with Crippen LogP contribution in [0.4, 0.5) is 10.1 Å². The van der Waals surface area contributed by atoms with E-state index in [1.165, 1.54) is 12.1 Å². The van der Waals surface area contributed by atoms with E-state index in [4.69, 9.17) is 4.74 Å². The first-order valence-corrected chi connectivity index (χ1v) is 9.92. The lowest BCUT2D eigenvalue weighted by Crippen LogP contribution is -2.39. The number of para-hydroxylation sites is 1. The van der Waals surface area contributed by atoms with E-state index in [1.54, 1.807) is 12.1 Å². The summed E-state index contributed by atoms with van der Waals surface area (Å²) in [5, 5.41) is 5.94. The highest BCUT2D eigenvalue weighted by atomic mass is 19.1. The smallest absolute Gasteiger partial charge is 0.260 e. The van der Waals surface area contributed by atoms with Crippen LogP contribution in [0.2, 0.25) is 0 Å². The summed E-state index contributed by atoms with van der Waals surface area (Å²) < 4.78 is 19.4. The molecular weight excluding hydrogens is 371 g/mol. The van der Waals surface area contributed by atoms with Gasteiger partial charge in [0, 0.05) is 25.3 Å². The number of carbonyl (C=O) groups excluding carboxylic acids is 1. The zero-order valence-electron chi connectivity index (χ0n) is 16.7. The summed E-state index contributed by atoms with van der Waals surface area (Å²) in [4.78, 5) is 19.4. The number of halogens is 1. The number of anilines is 1. The maximum atomic E-state index is 14.0. The van der Waals surface area contributed by atoms with E-state index in [2.05, 4.69) is 27.4 Å². The van der Waals surface area contributed by atoms with E-state index >= 15 is 0 Å². The molecule has 0 aromatic heterocycles. The van der Waals surface area contributed by atoms with Gasteiger partial charge in [-0.2, -0.15) is 0 Å². The van der Waals surface area contributed by atoms with Crippen molar-refractivity contribution in [2.24, 2.45) is 4.99 Å². The molecule has 1 saturated heterocycles. The quantitative estimate of drug-likeness (QED) is 0.580. The molecule has 1 fully saturated rings. The first kappa shape index (κ1) is 21.0. The summed E-state index contributed by atoms with van der Waals surface area (Å²) in [6, 6.07) is 13.8. The van der Waals surface area contributed by atoms with E-state index < -0.39 is 11.7 Å². The first-order chi connectivity index (χ1) is 14.2. The second-order valence-corrected chi connectivity index (χ2v) is 6.75. The Bertz CT molecular complexity index is 850. The summed E-state index contributed by atoms with van der Waals surface area (Å²) in [5.41, 5.74) is 1.96. The Morgan fingerprint density at radius 3 is 2.62 bits per heavy atom. The maximum Gasteiger partial charge on any atom is 0.260 e. The van der Waals surface area contributed by atoms with Crippen LogP contribution in [0.3, 0.4) is 0 Å². The summed E-state index contributed by atoms with van der Waals surface area (Å²) in [7, 11) is 0. The molecule has 0 radical (unpaired) electrons. The van der Waals surface area contributed by atoms with Gasteiger partial charge in [-0.25, -0.2) is 4.39 Å². The average Bonchev–Trinajstić information content (AvgIpc) is 2.75. The number of hydrogen-bond donors (Lipinski definition) is 2. The van der Waals surface area contributed by atoms with Gasteiger partial charge in [0.15, 0.2) is 0 Å². The molecule has 0 unspecified atom stereocenters. The monoisotopic (exact) mass is 398 g/mol. The number of aliphatic imine (C=N–C) groups is 1. The third-order valence-corrected chi connectivity index (χ3v) is 4.79. The molecule has 1 aliphatic rings. The van der Waals surface area contributed by atoms with Gasteiger partial charge in [-0.15, -0.1) is 0 Å². The molecule has 154 valence electrons. The first-order valence-electron chi connectivity index (χ1n) is 9.92. The Morgan fingerprint density at radius 2 is 1.86 bits per heavy atom. The summed E-state index contributed by atoms with van der Waals surface area (Å²) >= 11 is 0. The van der Waals surface area contributed by atoms with Gasteiger partial charge in [-0.1, -0.05) is 37.3 Å². The third-order valence-electron chi connectivity index (χ3n) is 4.79. The van der Waals surface area contributed by atoms with Crippen molar-refractivity contribution in [2.45, 2.75) is 13.3 Å². The highest BCUT2D eigenvalue weighted by molar-refractivity contribution is 6.10. The molecule has 29 heavy (non-hydrogen) atoms. The minimum Gasteiger partial charge on any atom is -0.379 e. The van der Waals surface area contributed by atoms with E-state index in [1.807, 2.05) is 24.3 Å². The molecule has 6 nitrogen and oxygen atoms in total. The minimum absolute atomic E-state index is 0.0149. The topological polar surface area (TPSA) is 66.0 Å². The second kappa shape index (κ2) is 10.7. The molecule has 1 amide bonds. The lowest BCUT2D eigenvalue weighted by atomic mass is 10.1. The number of hydrogen-bond acceptors (Lipinski definition) is 4. The van der Waals surface area contributed by atoms with Crippen LogP contribution < -0.4 is 10.6 Å². The predicted molar refractivity (Wildman–Crippen MR) is 113 cm³/mol. The van der Waals surface area contributed by atoms with Crippen LogP contribution in [0.1, 0.15) is 22.8 Å². The molecule has 0 bridgehead atoms. The molecule has 1 heterocycles. The highest BCUT2D eigenvalue weighted by Crippen LogP contribution is 2.15. The lowest BCUT2D eigenvalue weighted by molar-refractivity contribution is 0.0394. The van der Waals surface area contributed by atoms with Crippen molar-refractivity contribution < 1.29 is 13.9 Å². The SMILES string of the molecule is CCc1ccccc1NC(=NCCN1CCOCC1)NC(=O)c1ccccc1F. The van der Waals surface area contributed by atoms with Crippen LogP contribution >= 0.6 is 0 Å². The zero-order chi connectivity index (χ0) is 20.5. The fourth-order valence-electron chi connectivity index (χ4n) is 3.14. The summed E-state index contributed by atoms with van der Waals surface area (Å²) in [6.45, 7) is 6.53. The van der Waals surface area contributed by atoms with E-state index in [-0.39, 0.29) is 5.56 Å². The molecular formula is C22H27FN4O2. The zero-order valence-corrected chi connectivity index (χ0v) is 16.7. The molecule has 1 aliphatic heterocycles. The number of nitrogens with one attached hydrogen (secondary N) is 2. The fraction of sp³-hybridized carbons (Fsp3) is 0.364. The molecule has 2 aromatic rings. The molecule has 0 saturated carbocycles. The van der Waals surface area contributed by atoms with Gasteiger partial charge in [0.25, 0.3) is 5.91 Å². The Labute approximate surface area is 170 Å². The molecule has 0 aliphatic carbocycles. The lowest BCUT2D eigenvalue weighted by Gasteiger charge is -2.25. The van der Waals surface area contributed by atoms with Crippen LogP contribution in [0, 0.1) is 5.82 Å². The third kappa shape index (κ3) is 6.10. The Kier molecular flexibility index (Phi) is 7.72. The number of morpholine rings is 1. The van der Waals surface area contributed by atoms with Crippen molar-refractivity contribution in [3.8, 4) is 0 Å². The Balaban J connectivity index is 1.73. The molecule has 0 atom stereocenters. The molecule has 3 rings (SSSR count).